The normalized spacial score (nSPS) is 15.0. The number of methoxy groups -OCH3 is 1. The number of benzene rings is 2. The average molecular weight is 513 g/mol. The number of nitrogens with one attached hydrogen (secondary N) is 1. The lowest BCUT2D eigenvalue weighted by atomic mass is 10.0. The molecule has 3 aromatic rings. The van der Waals surface area contributed by atoms with Crippen LogP contribution in [-0.2, 0) is 21.4 Å². The molecule has 1 amide bonds. The molecule has 0 bridgehead atoms. The molecule has 192 valence electrons. The third-order valence-electron chi connectivity index (χ3n) is 6.37. The SMILES string of the molecule is COc1ccc(N(CC(=O)NC2CCN(Cc3ccccc3)CC2)S(=O)(=O)c2c(C)noc2C)cc1. The summed E-state index contributed by atoms with van der Waals surface area (Å²) >= 11 is 0. The predicted molar refractivity (Wildman–Crippen MR) is 136 cm³/mol. The molecule has 4 rings (SSSR count). The third kappa shape index (κ3) is 5.88. The Hall–Kier alpha value is -3.37. The Morgan fingerprint density at radius 3 is 2.36 bits per heavy atom. The van der Waals surface area contributed by atoms with Crippen LogP contribution in [0.5, 0.6) is 5.75 Å². The molecule has 10 heteroatoms. The Kier molecular flexibility index (Phi) is 7.95. The van der Waals surface area contributed by atoms with Gasteiger partial charge in [-0.1, -0.05) is 35.5 Å². The van der Waals surface area contributed by atoms with Crippen LogP contribution in [0, 0.1) is 13.8 Å². The van der Waals surface area contributed by atoms with Crippen LogP contribution in [0.15, 0.2) is 64.0 Å². The molecule has 1 aliphatic heterocycles. The summed E-state index contributed by atoms with van der Waals surface area (Å²) in [6.45, 7) is 5.35. The Morgan fingerprint density at radius 2 is 1.78 bits per heavy atom. The zero-order valence-corrected chi connectivity index (χ0v) is 21.6. The van der Waals surface area contributed by atoms with Crippen LogP contribution in [0.3, 0.4) is 0 Å². The number of piperidine rings is 1. The number of aryl methyl sites for hydroxylation is 2. The molecule has 0 atom stereocenters. The quantitative estimate of drug-likeness (QED) is 0.469. The van der Waals surface area contributed by atoms with Crippen molar-refractivity contribution in [3.05, 3.63) is 71.6 Å². The second-order valence-corrected chi connectivity index (χ2v) is 10.8. The number of carbonyl (C=O) groups excluding carboxylic acids is 1. The zero-order chi connectivity index (χ0) is 25.7. The summed E-state index contributed by atoms with van der Waals surface area (Å²) in [4.78, 5) is 15.4. The first-order chi connectivity index (χ1) is 17.3. The van der Waals surface area contributed by atoms with Crippen LogP contribution >= 0.6 is 0 Å². The fraction of sp³-hybridized carbons (Fsp3) is 0.385. The third-order valence-corrected chi connectivity index (χ3v) is 8.38. The van der Waals surface area contributed by atoms with Crippen molar-refractivity contribution in [1.82, 2.24) is 15.4 Å². The average Bonchev–Trinajstić information content (AvgIpc) is 3.23. The molecular formula is C26H32N4O5S. The lowest BCUT2D eigenvalue weighted by Crippen LogP contribution is -2.48. The maximum Gasteiger partial charge on any atom is 0.270 e. The number of rotatable bonds is 9. The number of nitrogens with zero attached hydrogens (tertiary/aromatic N) is 3. The second kappa shape index (κ2) is 11.1. The number of hydrogen-bond acceptors (Lipinski definition) is 7. The molecule has 1 aliphatic rings. The first-order valence-electron chi connectivity index (χ1n) is 11.9. The van der Waals surface area contributed by atoms with Crippen LogP contribution in [0.4, 0.5) is 5.69 Å². The van der Waals surface area contributed by atoms with E-state index in [1.807, 2.05) is 18.2 Å². The first kappa shape index (κ1) is 25.7. The minimum Gasteiger partial charge on any atom is -0.497 e. The number of sulfonamides is 1. The largest absolute Gasteiger partial charge is 0.497 e. The minimum absolute atomic E-state index is 0.0102. The number of anilines is 1. The van der Waals surface area contributed by atoms with E-state index in [0.717, 1.165) is 36.8 Å². The summed E-state index contributed by atoms with van der Waals surface area (Å²) < 4.78 is 38.7. The molecule has 9 nitrogen and oxygen atoms in total. The van der Waals surface area contributed by atoms with Gasteiger partial charge in [-0.3, -0.25) is 14.0 Å². The van der Waals surface area contributed by atoms with Crippen molar-refractivity contribution in [2.24, 2.45) is 0 Å². The summed E-state index contributed by atoms with van der Waals surface area (Å²) in [7, 11) is -2.57. The van der Waals surface area contributed by atoms with Gasteiger partial charge in [-0.25, -0.2) is 8.42 Å². The summed E-state index contributed by atoms with van der Waals surface area (Å²) in [6.07, 6.45) is 1.61. The van der Waals surface area contributed by atoms with Crippen molar-refractivity contribution in [2.45, 2.75) is 44.2 Å². The van der Waals surface area contributed by atoms with Gasteiger partial charge in [0.25, 0.3) is 10.0 Å². The van der Waals surface area contributed by atoms with Crippen LogP contribution in [0.25, 0.3) is 0 Å². The molecule has 1 saturated heterocycles. The van der Waals surface area contributed by atoms with E-state index < -0.39 is 10.0 Å². The Morgan fingerprint density at radius 1 is 1.11 bits per heavy atom. The molecule has 1 fully saturated rings. The van der Waals surface area contributed by atoms with Crippen molar-refractivity contribution in [3.63, 3.8) is 0 Å². The van der Waals surface area contributed by atoms with E-state index in [9.17, 15) is 13.2 Å². The number of amides is 1. The highest BCUT2D eigenvalue weighted by molar-refractivity contribution is 7.93. The topological polar surface area (TPSA) is 105 Å². The van der Waals surface area contributed by atoms with E-state index in [1.165, 1.54) is 12.7 Å². The van der Waals surface area contributed by atoms with E-state index in [-0.39, 0.29) is 34.8 Å². The van der Waals surface area contributed by atoms with Gasteiger partial charge in [-0.2, -0.15) is 0 Å². The van der Waals surface area contributed by atoms with Gasteiger partial charge in [0, 0.05) is 25.7 Å². The highest BCUT2D eigenvalue weighted by Crippen LogP contribution is 2.29. The molecule has 2 heterocycles. The number of ether oxygens (including phenoxy) is 1. The Bertz CT molecular complexity index is 1250. The van der Waals surface area contributed by atoms with E-state index in [2.05, 4.69) is 27.5 Å². The maximum absolute atomic E-state index is 13.6. The molecule has 36 heavy (non-hydrogen) atoms. The maximum atomic E-state index is 13.6. The summed E-state index contributed by atoms with van der Waals surface area (Å²) in [6, 6.07) is 16.8. The van der Waals surface area contributed by atoms with Gasteiger partial charge in [-0.15, -0.1) is 0 Å². The van der Waals surface area contributed by atoms with Crippen molar-refractivity contribution >= 4 is 21.6 Å². The number of carbonyl (C=O) groups is 1. The van der Waals surface area contributed by atoms with Gasteiger partial charge in [0.05, 0.1) is 12.8 Å². The monoisotopic (exact) mass is 512 g/mol. The van der Waals surface area contributed by atoms with Crippen LogP contribution in [-0.4, -0.2) is 57.2 Å². The lowest BCUT2D eigenvalue weighted by molar-refractivity contribution is -0.120. The molecule has 2 aromatic carbocycles. The van der Waals surface area contributed by atoms with Gasteiger partial charge >= 0.3 is 0 Å². The first-order valence-corrected chi connectivity index (χ1v) is 13.4. The molecule has 1 aromatic heterocycles. The Balaban J connectivity index is 1.45. The van der Waals surface area contributed by atoms with Gasteiger partial charge in [0.2, 0.25) is 5.91 Å². The van der Waals surface area contributed by atoms with Gasteiger partial charge < -0.3 is 14.6 Å². The van der Waals surface area contributed by atoms with E-state index in [0.29, 0.717) is 11.4 Å². The summed E-state index contributed by atoms with van der Waals surface area (Å²) in [5.41, 5.74) is 1.86. The highest BCUT2D eigenvalue weighted by atomic mass is 32.2. The van der Waals surface area contributed by atoms with E-state index in [1.54, 1.807) is 38.1 Å². The predicted octanol–water partition coefficient (Wildman–Crippen LogP) is 3.28. The highest BCUT2D eigenvalue weighted by Gasteiger charge is 2.33. The second-order valence-electron chi connectivity index (χ2n) is 8.97. The molecule has 0 spiro atoms. The molecule has 0 radical (unpaired) electrons. The molecule has 1 N–H and O–H groups in total. The summed E-state index contributed by atoms with van der Waals surface area (Å²) in [5.74, 6) is 0.403. The molecule has 0 aliphatic carbocycles. The van der Waals surface area contributed by atoms with Gasteiger partial charge in [0.1, 0.15) is 18.0 Å². The van der Waals surface area contributed by atoms with Crippen LogP contribution in [0.1, 0.15) is 29.9 Å². The van der Waals surface area contributed by atoms with Crippen molar-refractivity contribution in [1.29, 1.82) is 0 Å². The van der Waals surface area contributed by atoms with Crippen molar-refractivity contribution in [2.75, 3.05) is 31.0 Å². The molecular weight excluding hydrogens is 480 g/mol. The minimum atomic E-state index is -4.10. The van der Waals surface area contributed by atoms with Crippen LogP contribution < -0.4 is 14.4 Å². The molecule has 0 saturated carbocycles. The van der Waals surface area contributed by atoms with E-state index >= 15 is 0 Å². The van der Waals surface area contributed by atoms with Crippen molar-refractivity contribution < 1.29 is 22.5 Å². The number of likely N-dealkylation sites (tertiary alicyclic amines) is 1. The number of aromatic nitrogens is 1. The van der Waals surface area contributed by atoms with E-state index in [4.69, 9.17) is 9.26 Å². The Labute approximate surface area is 212 Å². The molecule has 0 unspecified atom stereocenters. The fourth-order valence-electron chi connectivity index (χ4n) is 4.50. The van der Waals surface area contributed by atoms with Crippen LogP contribution in [0.2, 0.25) is 0 Å². The number of hydrogen-bond donors (Lipinski definition) is 1. The summed E-state index contributed by atoms with van der Waals surface area (Å²) in [5, 5.41) is 6.83. The standard InChI is InChI=1S/C26H32N4O5S/c1-19-26(20(2)35-28-19)36(32,33)30(23-9-11-24(34-3)12-10-23)18-25(31)27-22-13-15-29(16-14-22)17-21-7-5-4-6-8-21/h4-12,22H,13-18H2,1-3H3,(H,27,31). The van der Waals surface area contributed by atoms with Crippen molar-refractivity contribution in [3.8, 4) is 5.75 Å². The van der Waals surface area contributed by atoms with Gasteiger partial charge in [0.15, 0.2) is 10.7 Å². The zero-order valence-electron chi connectivity index (χ0n) is 20.8. The van der Waals surface area contributed by atoms with Gasteiger partial charge in [-0.05, 0) is 56.5 Å². The smallest absolute Gasteiger partial charge is 0.270 e. The lowest BCUT2D eigenvalue weighted by Gasteiger charge is -2.33. The fourth-order valence-corrected chi connectivity index (χ4v) is 6.22.